The van der Waals surface area contributed by atoms with Crippen molar-refractivity contribution in [3.05, 3.63) is 22.8 Å². The van der Waals surface area contributed by atoms with Crippen molar-refractivity contribution in [2.45, 2.75) is 79.1 Å². The predicted octanol–water partition coefficient (Wildman–Crippen LogP) is 5.61. The molecule has 0 aromatic carbocycles. The summed E-state index contributed by atoms with van der Waals surface area (Å²) in [5, 5.41) is 0. The first-order valence-corrected chi connectivity index (χ1v) is 8.00. The second-order valence-corrected chi connectivity index (χ2v) is 5.90. The molecule has 0 N–H and O–H groups in total. The maximum atomic E-state index is 11.5. The van der Waals surface area contributed by atoms with Crippen LogP contribution < -0.4 is 0 Å². The lowest BCUT2D eigenvalue weighted by molar-refractivity contribution is -0.115. The van der Waals surface area contributed by atoms with Crippen molar-refractivity contribution in [2.75, 3.05) is 0 Å². The summed E-state index contributed by atoms with van der Waals surface area (Å²) in [5.74, 6) is 1.06. The van der Waals surface area contributed by atoms with E-state index in [2.05, 4.69) is 27.7 Å². The average molecular weight is 262 g/mol. The molecule has 108 valence electrons. The second-order valence-electron chi connectivity index (χ2n) is 5.90. The highest BCUT2D eigenvalue weighted by Crippen LogP contribution is 2.30. The van der Waals surface area contributed by atoms with Crippen LogP contribution in [0.3, 0.4) is 0 Å². The number of ketones is 1. The third kappa shape index (κ3) is 5.34. The van der Waals surface area contributed by atoms with Crippen LogP contribution in [0.5, 0.6) is 0 Å². The predicted molar refractivity (Wildman–Crippen MR) is 83.2 cm³/mol. The van der Waals surface area contributed by atoms with Gasteiger partial charge in [-0.25, -0.2) is 0 Å². The second kappa shape index (κ2) is 8.35. The minimum atomic E-state index is 0.340. The molecule has 0 heterocycles. The molecule has 1 aliphatic carbocycles. The van der Waals surface area contributed by atoms with E-state index >= 15 is 0 Å². The molecule has 0 aromatic heterocycles. The lowest BCUT2D eigenvalue weighted by Gasteiger charge is -2.21. The molecular formula is C18H30O. The van der Waals surface area contributed by atoms with Gasteiger partial charge in [0.15, 0.2) is 5.78 Å². The molecular weight excluding hydrogens is 232 g/mol. The Morgan fingerprint density at radius 3 is 2.47 bits per heavy atom. The SMILES string of the molecule is CC/C(C)=C(/CC)CC(CC)CC1=CC(=O)CCC1. The summed E-state index contributed by atoms with van der Waals surface area (Å²) in [6, 6.07) is 0. The van der Waals surface area contributed by atoms with E-state index < -0.39 is 0 Å². The van der Waals surface area contributed by atoms with E-state index in [0.29, 0.717) is 11.7 Å². The molecule has 1 aliphatic rings. The summed E-state index contributed by atoms with van der Waals surface area (Å²) in [6.07, 6.45) is 10.8. The molecule has 0 saturated carbocycles. The van der Waals surface area contributed by atoms with Crippen LogP contribution in [-0.4, -0.2) is 5.78 Å². The fourth-order valence-corrected chi connectivity index (χ4v) is 2.97. The molecule has 1 atom stereocenters. The van der Waals surface area contributed by atoms with E-state index in [1.807, 2.05) is 6.08 Å². The first kappa shape index (κ1) is 16.2. The van der Waals surface area contributed by atoms with Gasteiger partial charge < -0.3 is 0 Å². The maximum absolute atomic E-state index is 11.5. The Balaban J connectivity index is 2.66. The van der Waals surface area contributed by atoms with Crippen LogP contribution in [0.1, 0.15) is 79.1 Å². The van der Waals surface area contributed by atoms with Crippen molar-refractivity contribution in [1.82, 2.24) is 0 Å². The van der Waals surface area contributed by atoms with Crippen molar-refractivity contribution in [3.8, 4) is 0 Å². The molecule has 1 nitrogen and oxygen atoms in total. The highest BCUT2D eigenvalue weighted by molar-refractivity contribution is 5.91. The van der Waals surface area contributed by atoms with E-state index in [1.54, 1.807) is 11.1 Å². The van der Waals surface area contributed by atoms with Crippen LogP contribution in [0.15, 0.2) is 22.8 Å². The Kier molecular flexibility index (Phi) is 7.12. The van der Waals surface area contributed by atoms with Gasteiger partial charge in [-0.05, 0) is 57.4 Å². The van der Waals surface area contributed by atoms with Gasteiger partial charge in [0.25, 0.3) is 0 Å². The Hall–Kier alpha value is -0.850. The highest BCUT2D eigenvalue weighted by atomic mass is 16.1. The molecule has 0 aromatic rings. The normalized spacial score (nSPS) is 18.9. The Morgan fingerprint density at radius 1 is 1.21 bits per heavy atom. The molecule has 19 heavy (non-hydrogen) atoms. The van der Waals surface area contributed by atoms with Crippen LogP contribution in [0, 0.1) is 5.92 Å². The van der Waals surface area contributed by atoms with Gasteiger partial charge in [0, 0.05) is 6.42 Å². The quantitative estimate of drug-likeness (QED) is 0.545. The minimum absolute atomic E-state index is 0.340. The lowest BCUT2D eigenvalue weighted by Crippen LogP contribution is -2.08. The van der Waals surface area contributed by atoms with Gasteiger partial charge in [0.1, 0.15) is 0 Å². The number of hydrogen-bond acceptors (Lipinski definition) is 1. The molecule has 0 radical (unpaired) electrons. The molecule has 1 rings (SSSR count). The van der Waals surface area contributed by atoms with Crippen molar-refractivity contribution >= 4 is 5.78 Å². The monoisotopic (exact) mass is 262 g/mol. The Bertz CT molecular complexity index is 360. The van der Waals surface area contributed by atoms with Gasteiger partial charge in [-0.15, -0.1) is 0 Å². The molecule has 0 aliphatic heterocycles. The van der Waals surface area contributed by atoms with E-state index in [9.17, 15) is 4.79 Å². The number of hydrogen-bond donors (Lipinski definition) is 0. The van der Waals surface area contributed by atoms with Crippen LogP contribution >= 0.6 is 0 Å². The van der Waals surface area contributed by atoms with Gasteiger partial charge in [0.05, 0.1) is 0 Å². The van der Waals surface area contributed by atoms with Crippen LogP contribution in [0.4, 0.5) is 0 Å². The molecule has 0 fully saturated rings. The van der Waals surface area contributed by atoms with Gasteiger partial charge in [-0.3, -0.25) is 4.79 Å². The molecule has 0 bridgehead atoms. The Morgan fingerprint density at radius 2 is 1.95 bits per heavy atom. The maximum Gasteiger partial charge on any atom is 0.155 e. The zero-order valence-corrected chi connectivity index (χ0v) is 13.2. The van der Waals surface area contributed by atoms with Gasteiger partial charge >= 0.3 is 0 Å². The van der Waals surface area contributed by atoms with Gasteiger partial charge in [-0.1, -0.05) is 43.9 Å². The fraction of sp³-hybridized carbons (Fsp3) is 0.722. The largest absolute Gasteiger partial charge is 0.295 e. The number of rotatable bonds is 7. The zero-order valence-electron chi connectivity index (χ0n) is 13.2. The topological polar surface area (TPSA) is 17.1 Å². The first-order valence-electron chi connectivity index (χ1n) is 8.00. The first-order chi connectivity index (χ1) is 9.10. The summed E-state index contributed by atoms with van der Waals surface area (Å²) in [7, 11) is 0. The van der Waals surface area contributed by atoms with Crippen molar-refractivity contribution in [3.63, 3.8) is 0 Å². The summed E-state index contributed by atoms with van der Waals surface area (Å²) < 4.78 is 0. The van der Waals surface area contributed by atoms with Gasteiger partial charge in [-0.2, -0.15) is 0 Å². The fourth-order valence-electron chi connectivity index (χ4n) is 2.97. The molecule has 0 spiro atoms. The van der Waals surface area contributed by atoms with Crippen LogP contribution in [0.25, 0.3) is 0 Å². The third-order valence-electron chi connectivity index (χ3n) is 4.51. The van der Waals surface area contributed by atoms with E-state index in [-0.39, 0.29) is 0 Å². The summed E-state index contributed by atoms with van der Waals surface area (Å²) in [4.78, 5) is 11.5. The standard InChI is InChI=1S/C18H30O/c1-5-14(4)17(7-3)12-15(6-2)11-16-9-8-10-18(19)13-16/h13,15H,5-12H2,1-4H3/b17-14-. The highest BCUT2D eigenvalue weighted by Gasteiger charge is 2.16. The molecule has 0 saturated heterocycles. The number of carbonyl (C=O) groups is 1. The smallest absolute Gasteiger partial charge is 0.155 e. The number of carbonyl (C=O) groups excluding carboxylic acids is 1. The van der Waals surface area contributed by atoms with Crippen LogP contribution in [-0.2, 0) is 4.79 Å². The van der Waals surface area contributed by atoms with E-state index in [1.165, 1.54) is 31.3 Å². The summed E-state index contributed by atoms with van der Waals surface area (Å²) >= 11 is 0. The summed E-state index contributed by atoms with van der Waals surface area (Å²) in [5.41, 5.74) is 4.60. The molecule has 0 amide bonds. The third-order valence-corrected chi connectivity index (χ3v) is 4.51. The number of allylic oxidation sites excluding steroid dienone is 4. The van der Waals surface area contributed by atoms with E-state index in [4.69, 9.17) is 0 Å². The molecule has 1 unspecified atom stereocenters. The van der Waals surface area contributed by atoms with Crippen molar-refractivity contribution in [2.24, 2.45) is 5.92 Å². The summed E-state index contributed by atoms with van der Waals surface area (Å²) in [6.45, 7) is 9.07. The Labute approximate surface area is 119 Å². The van der Waals surface area contributed by atoms with Crippen molar-refractivity contribution in [1.29, 1.82) is 0 Å². The van der Waals surface area contributed by atoms with Gasteiger partial charge in [0.2, 0.25) is 0 Å². The average Bonchev–Trinajstić information content (AvgIpc) is 2.42. The molecule has 1 heteroatoms. The zero-order chi connectivity index (χ0) is 14.3. The minimum Gasteiger partial charge on any atom is -0.295 e. The van der Waals surface area contributed by atoms with E-state index in [0.717, 1.165) is 25.7 Å². The van der Waals surface area contributed by atoms with Crippen molar-refractivity contribution < 1.29 is 4.79 Å². The lowest BCUT2D eigenvalue weighted by atomic mass is 9.84. The van der Waals surface area contributed by atoms with Crippen LogP contribution in [0.2, 0.25) is 0 Å².